The van der Waals surface area contributed by atoms with E-state index in [1.807, 2.05) is 30.3 Å². The standard InChI is InChI=1S/C17H14N2O4/c20-16(21)15-10-13-8-4-5-9-14(13)19(15)18-17(22)23-11-12-6-2-1-3-7-12/h1-10H,11H2,(H,18,22)(H,20,21). The molecule has 3 rings (SSSR count). The summed E-state index contributed by atoms with van der Waals surface area (Å²) in [5, 5.41) is 9.99. The highest BCUT2D eigenvalue weighted by Gasteiger charge is 2.16. The molecule has 0 aliphatic carbocycles. The first-order valence-corrected chi connectivity index (χ1v) is 6.96. The van der Waals surface area contributed by atoms with Crippen molar-refractivity contribution < 1.29 is 19.4 Å². The van der Waals surface area contributed by atoms with Crippen LogP contribution in [-0.2, 0) is 11.3 Å². The summed E-state index contributed by atoms with van der Waals surface area (Å²) in [4.78, 5) is 23.3. The van der Waals surface area contributed by atoms with E-state index in [1.54, 1.807) is 24.3 Å². The molecule has 0 aliphatic heterocycles. The molecule has 0 atom stereocenters. The quantitative estimate of drug-likeness (QED) is 0.775. The van der Waals surface area contributed by atoms with E-state index in [4.69, 9.17) is 4.74 Å². The SMILES string of the molecule is O=C(Nn1c(C(=O)O)cc2ccccc21)OCc1ccccc1. The average Bonchev–Trinajstić information content (AvgIpc) is 2.93. The number of carbonyl (C=O) groups excluding carboxylic acids is 1. The molecule has 0 spiro atoms. The minimum absolute atomic E-state index is 0.0390. The van der Waals surface area contributed by atoms with Gasteiger partial charge in [0.15, 0.2) is 0 Å². The van der Waals surface area contributed by atoms with E-state index >= 15 is 0 Å². The fraction of sp³-hybridized carbons (Fsp3) is 0.0588. The van der Waals surface area contributed by atoms with Crippen LogP contribution in [0.5, 0.6) is 0 Å². The lowest BCUT2D eigenvalue weighted by Gasteiger charge is -2.11. The van der Waals surface area contributed by atoms with Crippen LogP contribution in [0.4, 0.5) is 4.79 Å². The lowest BCUT2D eigenvalue weighted by atomic mass is 10.2. The van der Waals surface area contributed by atoms with Gasteiger partial charge in [-0.15, -0.1) is 0 Å². The van der Waals surface area contributed by atoms with Crippen molar-refractivity contribution in [3.8, 4) is 0 Å². The van der Waals surface area contributed by atoms with Crippen molar-refractivity contribution >= 4 is 23.0 Å². The highest BCUT2D eigenvalue weighted by Crippen LogP contribution is 2.18. The third-order valence-corrected chi connectivity index (χ3v) is 3.35. The van der Waals surface area contributed by atoms with Crippen LogP contribution in [-0.4, -0.2) is 21.8 Å². The van der Waals surface area contributed by atoms with Crippen LogP contribution in [0.2, 0.25) is 0 Å². The number of ether oxygens (including phenoxy) is 1. The van der Waals surface area contributed by atoms with Gasteiger partial charge < -0.3 is 9.84 Å². The Morgan fingerprint density at radius 1 is 1.04 bits per heavy atom. The number of carboxylic acid groups (broad SMARTS) is 1. The Kier molecular flexibility index (Phi) is 3.97. The lowest BCUT2D eigenvalue weighted by molar-refractivity contribution is 0.0687. The Balaban J connectivity index is 1.79. The molecule has 0 bridgehead atoms. The molecule has 0 fully saturated rings. The van der Waals surface area contributed by atoms with Gasteiger partial charge in [0.1, 0.15) is 12.3 Å². The average molecular weight is 310 g/mol. The summed E-state index contributed by atoms with van der Waals surface area (Å²) in [7, 11) is 0. The number of amides is 1. The molecule has 23 heavy (non-hydrogen) atoms. The number of hydrogen-bond acceptors (Lipinski definition) is 3. The van der Waals surface area contributed by atoms with Crippen molar-refractivity contribution in [2.24, 2.45) is 0 Å². The number of fused-ring (bicyclic) bond motifs is 1. The largest absolute Gasteiger partial charge is 0.477 e. The van der Waals surface area contributed by atoms with Crippen molar-refractivity contribution in [1.82, 2.24) is 4.68 Å². The van der Waals surface area contributed by atoms with Crippen LogP contribution in [0, 0.1) is 0 Å². The number of rotatable bonds is 4. The van der Waals surface area contributed by atoms with E-state index in [1.165, 1.54) is 10.7 Å². The topological polar surface area (TPSA) is 80.6 Å². The summed E-state index contributed by atoms with van der Waals surface area (Å²) in [6, 6.07) is 17.8. The second kappa shape index (κ2) is 6.23. The number of nitrogens with one attached hydrogen (secondary N) is 1. The molecule has 3 aromatic rings. The summed E-state index contributed by atoms with van der Waals surface area (Å²) < 4.78 is 6.33. The van der Waals surface area contributed by atoms with Gasteiger partial charge in [-0.2, -0.15) is 0 Å². The fourth-order valence-corrected chi connectivity index (χ4v) is 2.28. The highest BCUT2D eigenvalue weighted by atomic mass is 16.6. The van der Waals surface area contributed by atoms with E-state index in [9.17, 15) is 14.7 Å². The number of carbonyl (C=O) groups is 2. The molecule has 2 aromatic carbocycles. The van der Waals surface area contributed by atoms with Gasteiger partial charge in [-0.25, -0.2) is 19.7 Å². The zero-order chi connectivity index (χ0) is 16.2. The third-order valence-electron chi connectivity index (χ3n) is 3.35. The van der Waals surface area contributed by atoms with E-state index in [-0.39, 0.29) is 12.3 Å². The highest BCUT2D eigenvalue weighted by molar-refractivity contribution is 5.96. The predicted molar refractivity (Wildman–Crippen MR) is 84.9 cm³/mol. The zero-order valence-corrected chi connectivity index (χ0v) is 12.1. The molecule has 0 unspecified atom stereocenters. The van der Waals surface area contributed by atoms with Crippen LogP contribution in [0.3, 0.4) is 0 Å². The summed E-state index contributed by atoms with van der Waals surface area (Å²) in [6.45, 7) is 0.105. The number of benzene rings is 2. The van der Waals surface area contributed by atoms with Gasteiger partial charge in [0.2, 0.25) is 0 Å². The van der Waals surface area contributed by atoms with Gasteiger partial charge in [-0.3, -0.25) is 0 Å². The number of aromatic carboxylic acids is 1. The van der Waals surface area contributed by atoms with Crippen molar-refractivity contribution in [2.45, 2.75) is 6.61 Å². The molecule has 0 aliphatic rings. The number of aromatic nitrogens is 1. The van der Waals surface area contributed by atoms with E-state index < -0.39 is 12.1 Å². The Labute approximate surface area is 131 Å². The Morgan fingerprint density at radius 3 is 2.48 bits per heavy atom. The molecule has 1 amide bonds. The maximum atomic E-state index is 12.0. The van der Waals surface area contributed by atoms with Gasteiger partial charge in [0, 0.05) is 5.39 Å². The van der Waals surface area contributed by atoms with Crippen molar-refractivity contribution in [1.29, 1.82) is 0 Å². The molecule has 0 saturated carbocycles. The first-order chi connectivity index (χ1) is 11.1. The third kappa shape index (κ3) is 3.16. The van der Waals surface area contributed by atoms with Gasteiger partial charge in [-0.1, -0.05) is 48.5 Å². The van der Waals surface area contributed by atoms with Crippen LogP contribution in [0.15, 0.2) is 60.7 Å². The van der Waals surface area contributed by atoms with Crippen molar-refractivity contribution in [3.63, 3.8) is 0 Å². The minimum atomic E-state index is -1.13. The normalized spacial score (nSPS) is 10.4. The molecule has 1 aromatic heterocycles. The van der Waals surface area contributed by atoms with Gasteiger partial charge >= 0.3 is 12.1 Å². The van der Waals surface area contributed by atoms with Gasteiger partial charge in [0.05, 0.1) is 5.52 Å². The number of para-hydroxylation sites is 1. The van der Waals surface area contributed by atoms with Crippen molar-refractivity contribution in [3.05, 3.63) is 71.9 Å². The predicted octanol–water partition coefficient (Wildman–Crippen LogP) is 3.22. The van der Waals surface area contributed by atoms with Gasteiger partial charge in [0.25, 0.3) is 0 Å². The minimum Gasteiger partial charge on any atom is -0.477 e. The first-order valence-electron chi connectivity index (χ1n) is 6.96. The van der Waals surface area contributed by atoms with Crippen molar-refractivity contribution in [2.75, 3.05) is 5.43 Å². The second-order valence-electron chi connectivity index (χ2n) is 4.90. The van der Waals surface area contributed by atoms with E-state index in [0.717, 1.165) is 5.56 Å². The maximum Gasteiger partial charge on any atom is 0.426 e. The smallest absolute Gasteiger partial charge is 0.426 e. The second-order valence-corrected chi connectivity index (χ2v) is 4.90. The molecule has 116 valence electrons. The number of nitrogens with zero attached hydrogens (tertiary/aromatic N) is 1. The fourth-order valence-electron chi connectivity index (χ4n) is 2.28. The molecule has 0 saturated heterocycles. The van der Waals surface area contributed by atoms with E-state index in [2.05, 4.69) is 5.43 Å². The van der Waals surface area contributed by atoms with Crippen LogP contribution in [0.1, 0.15) is 16.1 Å². The number of hydrogen-bond donors (Lipinski definition) is 2. The summed E-state index contributed by atoms with van der Waals surface area (Å²) in [5.74, 6) is -1.13. The first kappa shape index (κ1) is 14.6. The van der Waals surface area contributed by atoms with Crippen LogP contribution in [0.25, 0.3) is 10.9 Å². The zero-order valence-electron chi connectivity index (χ0n) is 12.1. The monoisotopic (exact) mass is 310 g/mol. The Morgan fingerprint density at radius 2 is 1.74 bits per heavy atom. The molecule has 1 heterocycles. The van der Waals surface area contributed by atoms with E-state index in [0.29, 0.717) is 10.9 Å². The maximum absolute atomic E-state index is 12.0. The summed E-state index contributed by atoms with van der Waals surface area (Å²) in [6.07, 6.45) is -0.724. The molecular formula is C17H14N2O4. The van der Waals surface area contributed by atoms with Crippen LogP contribution >= 0.6 is 0 Å². The molecule has 6 heteroatoms. The Bertz CT molecular complexity index is 855. The molecule has 2 N–H and O–H groups in total. The number of carboxylic acids is 1. The van der Waals surface area contributed by atoms with Gasteiger partial charge in [-0.05, 0) is 17.7 Å². The molecule has 0 radical (unpaired) electrons. The van der Waals surface area contributed by atoms with Crippen LogP contribution < -0.4 is 5.43 Å². The molecule has 6 nitrogen and oxygen atoms in total. The molecular weight excluding hydrogens is 296 g/mol. The summed E-state index contributed by atoms with van der Waals surface area (Å²) >= 11 is 0. The summed E-state index contributed by atoms with van der Waals surface area (Å²) in [5.41, 5.74) is 3.85. The Hall–Kier alpha value is -3.28. The lowest BCUT2D eigenvalue weighted by Crippen LogP contribution is -2.26.